The normalized spacial score (nSPS) is 36.7. The molecule has 4 aliphatic carbocycles. The molecule has 0 saturated heterocycles. The molecule has 0 unspecified atom stereocenters. The van der Waals surface area contributed by atoms with Gasteiger partial charge in [-0.05, 0) is 109 Å². The van der Waals surface area contributed by atoms with Gasteiger partial charge in [0, 0.05) is 12.5 Å². The second-order valence-electron chi connectivity index (χ2n) is 13.1. The van der Waals surface area contributed by atoms with Crippen LogP contribution in [0.15, 0.2) is 36.0 Å². The van der Waals surface area contributed by atoms with Gasteiger partial charge in [-0.2, -0.15) is 5.10 Å². The molecule has 2 aromatic rings. The molecule has 3 fully saturated rings. The number of allylic oxidation sites excluding steroid dienone is 1. The first kappa shape index (κ1) is 29.5. The number of rotatable bonds is 6. The number of carbonyl (C=O) groups excluding carboxylic acids is 2. The number of aromatic nitrogens is 2. The van der Waals surface area contributed by atoms with Crippen molar-refractivity contribution in [3.8, 4) is 5.69 Å². The lowest BCUT2D eigenvalue weighted by Gasteiger charge is -2.61. The Balaban J connectivity index is 1.38. The van der Waals surface area contributed by atoms with Gasteiger partial charge in [0.2, 0.25) is 5.12 Å². The summed E-state index contributed by atoms with van der Waals surface area (Å²) in [5.41, 5.74) is 1.39. The van der Waals surface area contributed by atoms with E-state index < -0.39 is 34.2 Å². The number of fused-ring (bicyclic) bond motifs is 6. The van der Waals surface area contributed by atoms with E-state index in [9.17, 15) is 23.5 Å². The van der Waals surface area contributed by atoms with Gasteiger partial charge in [-0.15, -0.1) is 0 Å². The Labute approximate surface area is 249 Å². The Morgan fingerprint density at radius 2 is 1.98 bits per heavy atom. The van der Waals surface area contributed by atoms with Gasteiger partial charge < -0.3 is 14.6 Å². The number of esters is 1. The molecule has 0 aliphatic heterocycles. The van der Waals surface area contributed by atoms with Gasteiger partial charge in [-0.1, -0.05) is 26.3 Å². The van der Waals surface area contributed by atoms with Crippen molar-refractivity contribution in [1.29, 1.82) is 0 Å². The zero-order valence-corrected chi connectivity index (χ0v) is 25.3. The summed E-state index contributed by atoms with van der Waals surface area (Å²) < 4.78 is 39.9. The molecule has 6 rings (SSSR count). The molecule has 0 bridgehead atoms. The molecule has 1 aromatic carbocycles. The molecule has 0 spiro atoms. The molecule has 1 heterocycles. The third-order valence-corrected chi connectivity index (χ3v) is 11.7. The standard InChI is InChI=1S/C32H38F2N2O5S/c1-18-11-22-23-9-10-32(29(39)42-17-33,41-27(38)16-40-4)31(23,3)14-26(37)28(22)30(2)13-19-15-35-36(25(19)12-24(18)30)21-7-5-20(34)6-8-21/h5-8,12,15,18,22-23,26,28,37H,9-11,13-14,16-17H2,1-4H3/t18-,22-,23-,26-,28+,30-,31-,32-/m0/s1. The van der Waals surface area contributed by atoms with Crippen LogP contribution in [0.25, 0.3) is 11.8 Å². The van der Waals surface area contributed by atoms with E-state index in [-0.39, 0.29) is 47.9 Å². The highest BCUT2D eigenvalue weighted by Gasteiger charge is 2.71. The predicted molar refractivity (Wildman–Crippen MR) is 155 cm³/mol. The average Bonchev–Trinajstić information content (AvgIpc) is 3.46. The Kier molecular flexibility index (Phi) is 7.42. The third kappa shape index (κ3) is 4.23. The number of hydrogen-bond donors (Lipinski definition) is 1. The maximum absolute atomic E-state index is 13.6. The van der Waals surface area contributed by atoms with Crippen molar-refractivity contribution < 1.29 is 33.0 Å². The van der Waals surface area contributed by atoms with Crippen LogP contribution in [0.2, 0.25) is 0 Å². The van der Waals surface area contributed by atoms with E-state index in [0.717, 1.165) is 23.4 Å². The highest BCUT2D eigenvalue weighted by molar-refractivity contribution is 8.13. The van der Waals surface area contributed by atoms with Crippen molar-refractivity contribution >= 4 is 28.9 Å². The first-order valence-electron chi connectivity index (χ1n) is 14.7. The van der Waals surface area contributed by atoms with Crippen LogP contribution < -0.4 is 0 Å². The number of carbonyl (C=O) groups is 2. The quantitative estimate of drug-likeness (QED) is 0.437. The van der Waals surface area contributed by atoms with E-state index in [1.807, 2.05) is 17.8 Å². The first-order valence-corrected chi connectivity index (χ1v) is 15.6. The van der Waals surface area contributed by atoms with Gasteiger partial charge in [0.15, 0.2) is 5.60 Å². The van der Waals surface area contributed by atoms with Crippen LogP contribution >= 0.6 is 11.8 Å². The molecular weight excluding hydrogens is 562 g/mol. The number of halogens is 2. The van der Waals surface area contributed by atoms with E-state index in [1.165, 1.54) is 24.8 Å². The number of thioether (sulfide) groups is 1. The number of ether oxygens (including phenoxy) is 2. The van der Waals surface area contributed by atoms with Crippen LogP contribution in [-0.2, 0) is 25.5 Å². The maximum atomic E-state index is 13.6. The van der Waals surface area contributed by atoms with Crippen LogP contribution in [0.3, 0.4) is 0 Å². The van der Waals surface area contributed by atoms with Crippen molar-refractivity contribution in [3.63, 3.8) is 0 Å². The minimum Gasteiger partial charge on any atom is -0.448 e. The lowest BCUT2D eigenvalue weighted by Crippen LogP contribution is -2.63. The van der Waals surface area contributed by atoms with Crippen molar-refractivity contribution in [2.24, 2.45) is 34.5 Å². The molecular formula is C32H38F2N2O5S. The summed E-state index contributed by atoms with van der Waals surface area (Å²) in [6.07, 6.45) is 6.06. The van der Waals surface area contributed by atoms with Crippen molar-refractivity contribution in [2.75, 3.05) is 19.7 Å². The van der Waals surface area contributed by atoms with E-state index >= 15 is 0 Å². The molecule has 1 aromatic heterocycles. The summed E-state index contributed by atoms with van der Waals surface area (Å²) in [6, 6.07) is 5.38. The first-order chi connectivity index (χ1) is 20.0. The molecule has 42 heavy (non-hydrogen) atoms. The van der Waals surface area contributed by atoms with Crippen molar-refractivity contribution in [3.05, 3.63) is 53.1 Å². The lowest BCUT2D eigenvalue weighted by molar-refractivity contribution is -0.199. The summed E-state index contributed by atoms with van der Waals surface area (Å²) in [6.45, 7) is 6.10. The van der Waals surface area contributed by atoms with Crippen LogP contribution in [-0.4, -0.2) is 57.4 Å². The molecule has 7 nitrogen and oxygen atoms in total. The summed E-state index contributed by atoms with van der Waals surface area (Å²) >= 11 is 0.539. The van der Waals surface area contributed by atoms with Crippen LogP contribution in [0.1, 0.15) is 57.7 Å². The van der Waals surface area contributed by atoms with Gasteiger partial charge in [-0.25, -0.2) is 18.3 Å². The summed E-state index contributed by atoms with van der Waals surface area (Å²) in [7, 11) is 1.38. The number of methoxy groups -OCH3 is 1. The summed E-state index contributed by atoms with van der Waals surface area (Å²) in [4.78, 5) is 26.3. The van der Waals surface area contributed by atoms with Crippen molar-refractivity contribution in [1.82, 2.24) is 9.78 Å². The number of nitrogens with zero attached hydrogens (tertiary/aromatic N) is 2. The van der Waals surface area contributed by atoms with Gasteiger partial charge in [0.05, 0.1) is 23.7 Å². The molecule has 1 N–H and O–H groups in total. The molecule has 0 radical (unpaired) electrons. The van der Waals surface area contributed by atoms with E-state index in [4.69, 9.17) is 9.47 Å². The molecule has 3 saturated carbocycles. The molecule has 226 valence electrons. The highest BCUT2D eigenvalue weighted by atomic mass is 32.2. The molecule has 10 heteroatoms. The summed E-state index contributed by atoms with van der Waals surface area (Å²) in [5, 5.41) is 16.2. The summed E-state index contributed by atoms with van der Waals surface area (Å²) in [5.74, 6) is -0.751. The van der Waals surface area contributed by atoms with Gasteiger partial charge in [0.25, 0.3) is 0 Å². The fourth-order valence-corrected chi connectivity index (χ4v) is 10.2. The Morgan fingerprint density at radius 1 is 1.24 bits per heavy atom. The third-order valence-electron chi connectivity index (χ3n) is 11.0. The largest absolute Gasteiger partial charge is 0.448 e. The number of benzene rings is 1. The molecule has 8 atom stereocenters. The van der Waals surface area contributed by atoms with Crippen molar-refractivity contribution in [2.45, 2.75) is 64.6 Å². The number of hydrogen-bond acceptors (Lipinski definition) is 7. The monoisotopic (exact) mass is 600 g/mol. The zero-order valence-electron chi connectivity index (χ0n) is 24.4. The van der Waals surface area contributed by atoms with Gasteiger partial charge >= 0.3 is 5.97 Å². The number of aliphatic hydroxyl groups excluding tert-OH is 1. The SMILES string of the molecule is COCC(=O)O[C@]1(C(=O)SCF)CC[C@H]2[C@@H]3C[C@H](C)C4=Cc5c(cnn5-c5ccc(F)cc5)C[C@]4(C)[C@H]3[C@@H](O)C[C@@]21C. The number of alkyl halides is 1. The van der Waals surface area contributed by atoms with E-state index in [1.54, 1.807) is 12.1 Å². The van der Waals surface area contributed by atoms with Crippen LogP contribution in [0.5, 0.6) is 0 Å². The topological polar surface area (TPSA) is 90.7 Å². The lowest BCUT2D eigenvalue weighted by atomic mass is 9.44. The zero-order chi connectivity index (χ0) is 30.0. The Morgan fingerprint density at radius 3 is 2.67 bits per heavy atom. The smallest absolute Gasteiger partial charge is 0.333 e. The minimum absolute atomic E-state index is 0.00886. The minimum atomic E-state index is -1.52. The molecule has 4 aliphatic rings. The van der Waals surface area contributed by atoms with E-state index in [0.29, 0.717) is 31.0 Å². The number of aliphatic hydroxyl groups is 1. The second-order valence-corrected chi connectivity index (χ2v) is 14.0. The van der Waals surface area contributed by atoms with Gasteiger partial charge in [-0.3, -0.25) is 4.79 Å². The van der Waals surface area contributed by atoms with Crippen LogP contribution in [0.4, 0.5) is 8.78 Å². The Bertz CT molecular complexity index is 1430. The predicted octanol–water partition coefficient (Wildman–Crippen LogP) is 5.53. The molecule has 0 amide bonds. The average molecular weight is 601 g/mol. The second kappa shape index (κ2) is 10.6. The van der Waals surface area contributed by atoms with Gasteiger partial charge in [0.1, 0.15) is 18.4 Å². The maximum Gasteiger partial charge on any atom is 0.333 e. The highest BCUT2D eigenvalue weighted by Crippen LogP contribution is 2.69. The van der Waals surface area contributed by atoms with E-state index in [2.05, 4.69) is 25.0 Å². The fourth-order valence-electron chi connectivity index (χ4n) is 9.45. The fraction of sp³-hybridized carbons (Fsp3) is 0.594. The van der Waals surface area contributed by atoms with Crippen LogP contribution in [0, 0.1) is 40.3 Å². The Hall–Kier alpha value is -2.56.